The van der Waals surface area contributed by atoms with Crippen molar-refractivity contribution in [1.82, 2.24) is 15.1 Å². The molecule has 3 N–H and O–H groups in total. The van der Waals surface area contributed by atoms with Gasteiger partial charge in [-0.2, -0.15) is 0 Å². The van der Waals surface area contributed by atoms with Crippen molar-refractivity contribution in [1.29, 1.82) is 0 Å². The van der Waals surface area contributed by atoms with E-state index >= 15 is 0 Å². The lowest BCUT2D eigenvalue weighted by Crippen LogP contribution is -2.52. The van der Waals surface area contributed by atoms with E-state index in [1.165, 1.54) is 0 Å². The molecule has 3 rings (SSSR count). The fourth-order valence-corrected chi connectivity index (χ4v) is 2.73. The Morgan fingerprint density at radius 1 is 1.30 bits per heavy atom. The molecule has 2 saturated heterocycles. The molecule has 2 aliphatic heterocycles. The van der Waals surface area contributed by atoms with E-state index in [4.69, 9.17) is 10.5 Å². The number of ether oxygens (including phenoxy) is 1. The van der Waals surface area contributed by atoms with E-state index in [1.54, 1.807) is 0 Å². The number of hydrogen-bond acceptors (Lipinski definition) is 4. The summed E-state index contributed by atoms with van der Waals surface area (Å²) in [7, 11) is 0. The second-order valence-corrected chi connectivity index (χ2v) is 5.25. The molecule has 2 heterocycles. The SMILES string of the molecule is Nc1ccc(OCCN2CCN3C(=O)NCC3C2)cc1. The number of fused-ring (bicyclic) bond motifs is 1. The average Bonchev–Trinajstić information content (AvgIpc) is 2.82. The minimum atomic E-state index is 0.0766. The number of benzene rings is 1. The quantitative estimate of drug-likeness (QED) is 0.779. The predicted octanol–water partition coefficient (Wildman–Crippen LogP) is 0.357. The highest BCUT2D eigenvalue weighted by molar-refractivity contribution is 5.77. The average molecular weight is 276 g/mol. The molecular formula is C14H20N4O2. The van der Waals surface area contributed by atoms with Crippen molar-refractivity contribution < 1.29 is 9.53 Å². The number of rotatable bonds is 4. The number of carbonyl (C=O) groups is 1. The molecule has 1 aromatic rings. The van der Waals surface area contributed by atoms with Crippen LogP contribution in [0.1, 0.15) is 0 Å². The van der Waals surface area contributed by atoms with Crippen LogP contribution in [0.3, 0.4) is 0 Å². The number of carbonyl (C=O) groups excluding carboxylic acids is 1. The normalized spacial score (nSPS) is 22.5. The third-order valence-corrected chi connectivity index (χ3v) is 3.87. The van der Waals surface area contributed by atoms with Crippen LogP contribution in [0.4, 0.5) is 10.5 Å². The van der Waals surface area contributed by atoms with Crippen LogP contribution in [-0.2, 0) is 0 Å². The number of nitrogens with zero attached hydrogens (tertiary/aromatic N) is 2. The third kappa shape index (κ3) is 2.80. The molecule has 0 bridgehead atoms. The van der Waals surface area contributed by atoms with Gasteiger partial charge in [0.2, 0.25) is 0 Å². The minimum Gasteiger partial charge on any atom is -0.492 e. The van der Waals surface area contributed by atoms with Crippen LogP contribution in [-0.4, -0.2) is 61.2 Å². The van der Waals surface area contributed by atoms with Crippen molar-refractivity contribution in [2.75, 3.05) is 45.1 Å². The first-order chi connectivity index (χ1) is 9.72. The summed E-state index contributed by atoms with van der Waals surface area (Å²) in [5, 5.41) is 2.89. The van der Waals surface area contributed by atoms with Gasteiger partial charge in [0, 0.05) is 38.4 Å². The molecule has 2 amide bonds. The van der Waals surface area contributed by atoms with Gasteiger partial charge in [-0.1, -0.05) is 0 Å². The topological polar surface area (TPSA) is 70.8 Å². The summed E-state index contributed by atoms with van der Waals surface area (Å²) in [6.45, 7) is 4.92. The Balaban J connectivity index is 1.43. The zero-order chi connectivity index (χ0) is 13.9. The molecule has 0 saturated carbocycles. The van der Waals surface area contributed by atoms with Crippen molar-refractivity contribution >= 4 is 11.7 Å². The lowest BCUT2D eigenvalue weighted by atomic mass is 10.2. The van der Waals surface area contributed by atoms with Crippen LogP contribution in [0.25, 0.3) is 0 Å². The highest BCUT2D eigenvalue weighted by Crippen LogP contribution is 2.15. The number of hydrogen-bond donors (Lipinski definition) is 2. The van der Waals surface area contributed by atoms with Crippen LogP contribution in [0, 0.1) is 0 Å². The Hall–Kier alpha value is -1.95. The van der Waals surface area contributed by atoms with Gasteiger partial charge in [0.25, 0.3) is 0 Å². The van der Waals surface area contributed by atoms with E-state index in [0.717, 1.165) is 44.2 Å². The van der Waals surface area contributed by atoms with Gasteiger partial charge in [-0.15, -0.1) is 0 Å². The zero-order valence-electron chi connectivity index (χ0n) is 11.4. The van der Waals surface area contributed by atoms with Crippen molar-refractivity contribution in [3.63, 3.8) is 0 Å². The van der Waals surface area contributed by atoms with Crippen molar-refractivity contribution in [2.45, 2.75) is 6.04 Å². The maximum absolute atomic E-state index is 11.5. The van der Waals surface area contributed by atoms with Crippen molar-refractivity contribution in [2.24, 2.45) is 0 Å². The molecule has 6 heteroatoms. The molecular weight excluding hydrogens is 256 g/mol. The zero-order valence-corrected chi connectivity index (χ0v) is 11.4. The molecule has 1 unspecified atom stereocenters. The van der Waals surface area contributed by atoms with Gasteiger partial charge >= 0.3 is 6.03 Å². The fraction of sp³-hybridized carbons (Fsp3) is 0.500. The van der Waals surface area contributed by atoms with Gasteiger partial charge in [0.1, 0.15) is 12.4 Å². The first-order valence-corrected chi connectivity index (χ1v) is 6.97. The number of nitrogens with one attached hydrogen (secondary N) is 1. The fourth-order valence-electron chi connectivity index (χ4n) is 2.73. The molecule has 1 atom stereocenters. The summed E-state index contributed by atoms with van der Waals surface area (Å²) in [5.41, 5.74) is 6.37. The highest BCUT2D eigenvalue weighted by atomic mass is 16.5. The first kappa shape index (κ1) is 13.1. The number of nitrogen functional groups attached to an aromatic ring is 1. The van der Waals surface area contributed by atoms with E-state index in [9.17, 15) is 4.79 Å². The summed E-state index contributed by atoms with van der Waals surface area (Å²) in [6.07, 6.45) is 0. The Morgan fingerprint density at radius 3 is 2.90 bits per heavy atom. The van der Waals surface area contributed by atoms with E-state index < -0.39 is 0 Å². The maximum Gasteiger partial charge on any atom is 0.317 e. The molecule has 0 radical (unpaired) electrons. The Labute approximate surface area is 118 Å². The van der Waals surface area contributed by atoms with Crippen LogP contribution in [0.2, 0.25) is 0 Å². The monoisotopic (exact) mass is 276 g/mol. The smallest absolute Gasteiger partial charge is 0.317 e. The van der Waals surface area contributed by atoms with E-state index in [0.29, 0.717) is 12.6 Å². The largest absolute Gasteiger partial charge is 0.492 e. The summed E-state index contributed by atoms with van der Waals surface area (Å²) in [6, 6.07) is 7.83. The Bertz CT molecular complexity index is 477. The molecule has 108 valence electrons. The molecule has 2 aliphatic rings. The second kappa shape index (κ2) is 5.58. The number of piperazine rings is 1. The Morgan fingerprint density at radius 2 is 2.10 bits per heavy atom. The van der Waals surface area contributed by atoms with Crippen molar-refractivity contribution in [3.8, 4) is 5.75 Å². The number of anilines is 1. The lowest BCUT2D eigenvalue weighted by molar-refractivity contribution is 0.108. The van der Waals surface area contributed by atoms with Gasteiger partial charge in [0.15, 0.2) is 0 Å². The number of amides is 2. The van der Waals surface area contributed by atoms with Gasteiger partial charge in [0.05, 0.1) is 6.04 Å². The number of nitrogens with two attached hydrogens (primary N) is 1. The molecule has 2 fully saturated rings. The van der Waals surface area contributed by atoms with Crippen molar-refractivity contribution in [3.05, 3.63) is 24.3 Å². The molecule has 20 heavy (non-hydrogen) atoms. The summed E-state index contributed by atoms with van der Waals surface area (Å²) < 4.78 is 5.70. The van der Waals surface area contributed by atoms with Crippen LogP contribution < -0.4 is 15.8 Å². The standard InChI is InChI=1S/C14H20N4O2/c15-11-1-3-13(4-2-11)20-8-7-17-5-6-18-12(10-17)9-16-14(18)19/h1-4,12H,5-10,15H2,(H,16,19). The highest BCUT2D eigenvalue weighted by Gasteiger charge is 2.35. The van der Waals surface area contributed by atoms with Gasteiger partial charge in [-0.25, -0.2) is 4.79 Å². The molecule has 1 aromatic carbocycles. The van der Waals surface area contributed by atoms with Crippen LogP contribution in [0.15, 0.2) is 24.3 Å². The minimum absolute atomic E-state index is 0.0766. The van der Waals surface area contributed by atoms with Gasteiger partial charge < -0.3 is 20.7 Å². The van der Waals surface area contributed by atoms with Crippen LogP contribution >= 0.6 is 0 Å². The van der Waals surface area contributed by atoms with E-state index in [-0.39, 0.29) is 6.03 Å². The summed E-state index contributed by atoms with van der Waals surface area (Å²) in [5.74, 6) is 0.843. The lowest BCUT2D eigenvalue weighted by Gasteiger charge is -2.36. The number of urea groups is 1. The van der Waals surface area contributed by atoms with Gasteiger partial charge in [-0.3, -0.25) is 4.90 Å². The van der Waals surface area contributed by atoms with Gasteiger partial charge in [-0.05, 0) is 24.3 Å². The maximum atomic E-state index is 11.5. The molecule has 0 aliphatic carbocycles. The second-order valence-electron chi connectivity index (χ2n) is 5.25. The van der Waals surface area contributed by atoms with Crippen LogP contribution in [0.5, 0.6) is 5.75 Å². The summed E-state index contributed by atoms with van der Waals surface area (Å²) in [4.78, 5) is 15.8. The van der Waals surface area contributed by atoms with E-state index in [2.05, 4.69) is 10.2 Å². The van der Waals surface area contributed by atoms with E-state index in [1.807, 2.05) is 29.2 Å². The molecule has 6 nitrogen and oxygen atoms in total. The Kier molecular flexibility index (Phi) is 3.64. The predicted molar refractivity (Wildman–Crippen MR) is 76.7 cm³/mol. The molecule has 0 spiro atoms. The molecule has 0 aromatic heterocycles. The third-order valence-electron chi connectivity index (χ3n) is 3.87. The summed E-state index contributed by atoms with van der Waals surface area (Å²) >= 11 is 0. The first-order valence-electron chi connectivity index (χ1n) is 6.97.